The second-order valence-corrected chi connectivity index (χ2v) is 10.7. The van der Waals surface area contributed by atoms with E-state index in [2.05, 4.69) is 32.0 Å². The third-order valence-electron chi connectivity index (χ3n) is 5.42. The molecule has 0 aliphatic heterocycles. The first-order valence-corrected chi connectivity index (χ1v) is 13.0. The molecule has 37 heavy (non-hydrogen) atoms. The summed E-state index contributed by atoms with van der Waals surface area (Å²) in [5.41, 5.74) is 1.80. The van der Waals surface area contributed by atoms with E-state index in [9.17, 15) is 4.79 Å². The van der Waals surface area contributed by atoms with Crippen LogP contribution in [0.25, 0.3) is 21.1 Å². The number of benzene rings is 2. The van der Waals surface area contributed by atoms with Crippen molar-refractivity contribution in [3.05, 3.63) is 71.5 Å². The van der Waals surface area contributed by atoms with Crippen molar-refractivity contribution in [1.82, 2.24) is 19.9 Å². The Bertz CT molecular complexity index is 1570. The number of ether oxygens (including phenoxy) is 2. The van der Waals surface area contributed by atoms with Crippen LogP contribution in [0, 0.1) is 0 Å². The van der Waals surface area contributed by atoms with E-state index < -0.39 is 11.7 Å². The Morgan fingerprint density at radius 3 is 2.78 bits per heavy atom. The van der Waals surface area contributed by atoms with Crippen LogP contribution in [0.3, 0.4) is 0 Å². The molecule has 0 bridgehead atoms. The van der Waals surface area contributed by atoms with Crippen molar-refractivity contribution in [1.29, 1.82) is 0 Å². The van der Waals surface area contributed by atoms with E-state index in [0.717, 1.165) is 27.2 Å². The number of aromatic nitrogens is 3. The number of thiophene rings is 1. The highest BCUT2D eigenvalue weighted by atomic mass is 35.5. The normalized spacial score (nSPS) is 11.6. The lowest BCUT2D eigenvalue weighted by atomic mass is 10.2. The van der Waals surface area contributed by atoms with Gasteiger partial charge < -0.3 is 24.7 Å². The van der Waals surface area contributed by atoms with Gasteiger partial charge in [0.2, 0.25) is 0 Å². The molecule has 8 nitrogen and oxygen atoms in total. The van der Waals surface area contributed by atoms with Gasteiger partial charge in [-0.25, -0.2) is 14.8 Å². The molecule has 0 radical (unpaired) electrons. The molecule has 0 atom stereocenters. The molecule has 2 N–H and O–H groups in total. The molecule has 0 fully saturated rings. The number of hydrogen-bond acceptors (Lipinski definition) is 7. The number of alkyl carbamates (subject to hydrolysis) is 1. The smallest absolute Gasteiger partial charge is 0.407 e. The summed E-state index contributed by atoms with van der Waals surface area (Å²) in [6, 6.07) is 15.5. The predicted octanol–water partition coefficient (Wildman–Crippen LogP) is 7.36. The minimum atomic E-state index is -0.547. The molecule has 3 aromatic heterocycles. The number of rotatable bonds is 7. The standard InChI is InChI=1S/C27H26ClN5O3S/c1-27(2,3)36-26(34)29-10-12-33-11-8-21-24(33)25(31-16-30-21)32-18-5-7-22(20(28)14-18)35-19-6-4-17-9-13-37-23(17)15-19/h4-9,11,13-16H,10,12H2,1-3H3,(H,29,34)(H,30,31,32). The van der Waals surface area contributed by atoms with Gasteiger partial charge in [-0.05, 0) is 80.1 Å². The van der Waals surface area contributed by atoms with Crippen molar-refractivity contribution in [3.8, 4) is 11.5 Å². The first kappa shape index (κ1) is 24.9. The maximum atomic E-state index is 12.0. The van der Waals surface area contributed by atoms with Gasteiger partial charge in [-0.1, -0.05) is 11.6 Å². The maximum Gasteiger partial charge on any atom is 0.407 e. The highest BCUT2D eigenvalue weighted by Crippen LogP contribution is 2.35. The maximum absolute atomic E-state index is 12.0. The summed E-state index contributed by atoms with van der Waals surface area (Å²) in [5, 5.41) is 9.82. The van der Waals surface area contributed by atoms with Crippen molar-refractivity contribution in [3.63, 3.8) is 0 Å². The van der Waals surface area contributed by atoms with Crippen molar-refractivity contribution < 1.29 is 14.3 Å². The molecule has 3 heterocycles. The summed E-state index contributed by atoms with van der Waals surface area (Å²) >= 11 is 8.23. The van der Waals surface area contributed by atoms with E-state index >= 15 is 0 Å². The highest BCUT2D eigenvalue weighted by Gasteiger charge is 2.16. The van der Waals surface area contributed by atoms with E-state index in [1.807, 2.05) is 67.9 Å². The Morgan fingerprint density at radius 2 is 1.97 bits per heavy atom. The average Bonchev–Trinajstić information content (AvgIpc) is 3.47. The quantitative estimate of drug-likeness (QED) is 0.226. The Morgan fingerprint density at radius 1 is 1.11 bits per heavy atom. The fraction of sp³-hybridized carbons (Fsp3) is 0.222. The largest absolute Gasteiger partial charge is 0.456 e. The zero-order chi connectivity index (χ0) is 26.0. The van der Waals surface area contributed by atoms with Gasteiger partial charge in [-0.3, -0.25) is 0 Å². The molecule has 0 spiro atoms. The predicted molar refractivity (Wildman–Crippen MR) is 148 cm³/mol. The summed E-state index contributed by atoms with van der Waals surface area (Å²) in [4.78, 5) is 20.8. The number of amides is 1. The number of carbonyl (C=O) groups is 1. The molecule has 0 unspecified atom stereocenters. The number of hydrogen-bond donors (Lipinski definition) is 2. The van der Waals surface area contributed by atoms with E-state index in [-0.39, 0.29) is 0 Å². The van der Waals surface area contributed by atoms with Crippen molar-refractivity contribution >= 4 is 61.7 Å². The Kier molecular flexibility index (Phi) is 6.90. The second-order valence-electron chi connectivity index (χ2n) is 9.39. The van der Waals surface area contributed by atoms with Crippen molar-refractivity contribution in [2.45, 2.75) is 32.9 Å². The van der Waals surface area contributed by atoms with Gasteiger partial charge in [0, 0.05) is 29.7 Å². The SMILES string of the molecule is CC(C)(C)OC(=O)NCCn1ccc2ncnc(Nc3ccc(Oc4ccc5ccsc5c4)c(Cl)c3)c21. The van der Waals surface area contributed by atoms with Gasteiger partial charge >= 0.3 is 6.09 Å². The number of nitrogens with zero attached hydrogens (tertiary/aromatic N) is 3. The molecule has 190 valence electrons. The first-order valence-electron chi connectivity index (χ1n) is 11.7. The lowest BCUT2D eigenvalue weighted by molar-refractivity contribution is 0.0526. The number of nitrogens with one attached hydrogen (secondary N) is 2. The van der Waals surface area contributed by atoms with Crippen LogP contribution in [-0.2, 0) is 11.3 Å². The van der Waals surface area contributed by atoms with Gasteiger partial charge in [-0.15, -0.1) is 11.3 Å². The summed E-state index contributed by atoms with van der Waals surface area (Å²) in [6.07, 6.45) is 2.97. The number of fused-ring (bicyclic) bond motifs is 2. The van der Waals surface area contributed by atoms with Gasteiger partial charge in [0.15, 0.2) is 5.82 Å². The van der Waals surface area contributed by atoms with Crippen LogP contribution >= 0.6 is 22.9 Å². The first-order chi connectivity index (χ1) is 17.7. The molecule has 5 rings (SSSR count). The fourth-order valence-electron chi connectivity index (χ4n) is 3.83. The number of halogens is 1. The van der Waals surface area contributed by atoms with Gasteiger partial charge in [-0.2, -0.15) is 0 Å². The van der Waals surface area contributed by atoms with Crippen LogP contribution in [0.5, 0.6) is 11.5 Å². The molecule has 0 saturated heterocycles. The van der Waals surface area contributed by atoms with Crippen molar-refractivity contribution in [2.24, 2.45) is 0 Å². The average molecular weight is 536 g/mol. The van der Waals surface area contributed by atoms with E-state index in [1.165, 1.54) is 11.7 Å². The van der Waals surface area contributed by atoms with Crippen LogP contribution in [0.2, 0.25) is 5.02 Å². The highest BCUT2D eigenvalue weighted by molar-refractivity contribution is 7.17. The molecule has 10 heteroatoms. The topological polar surface area (TPSA) is 90.3 Å². The van der Waals surface area contributed by atoms with Gasteiger partial charge in [0.25, 0.3) is 0 Å². The van der Waals surface area contributed by atoms with Crippen LogP contribution in [0.4, 0.5) is 16.3 Å². The molecular weight excluding hydrogens is 510 g/mol. The summed E-state index contributed by atoms with van der Waals surface area (Å²) in [5.74, 6) is 1.92. The molecule has 1 amide bonds. The van der Waals surface area contributed by atoms with E-state index in [1.54, 1.807) is 17.4 Å². The summed E-state index contributed by atoms with van der Waals surface area (Å²) in [6.45, 7) is 6.40. The van der Waals surface area contributed by atoms with E-state index in [0.29, 0.717) is 29.7 Å². The third-order valence-corrected chi connectivity index (χ3v) is 6.60. The van der Waals surface area contributed by atoms with Gasteiger partial charge in [0.05, 0.1) is 10.5 Å². The molecular formula is C27H26ClN5O3S. The number of anilines is 2. The monoisotopic (exact) mass is 535 g/mol. The van der Waals surface area contributed by atoms with E-state index in [4.69, 9.17) is 21.1 Å². The Labute approximate surface area is 223 Å². The van der Waals surface area contributed by atoms with Gasteiger partial charge in [0.1, 0.15) is 28.9 Å². The minimum Gasteiger partial charge on any atom is -0.456 e. The van der Waals surface area contributed by atoms with Crippen LogP contribution < -0.4 is 15.4 Å². The zero-order valence-electron chi connectivity index (χ0n) is 20.6. The summed E-state index contributed by atoms with van der Waals surface area (Å²) in [7, 11) is 0. The molecule has 0 aliphatic rings. The third kappa shape index (κ3) is 5.95. The van der Waals surface area contributed by atoms with Crippen LogP contribution in [0.1, 0.15) is 20.8 Å². The van der Waals surface area contributed by atoms with Crippen LogP contribution in [0.15, 0.2) is 66.4 Å². The molecule has 2 aromatic carbocycles. The Balaban J connectivity index is 1.29. The molecule has 0 saturated carbocycles. The second kappa shape index (κ2) is 10.3. The number of carbonyl (C=O) groups excluding carboxylic acids is 1. The fourth-order valence-corrected chi connectivity index (χ4v) is 4.86. The Hall–Kier alpha value is -3.82. The van der Waals surface area contributed by atoms with Crippen LogP contribution in [-0.4, -0.2) is 32.8 Å². The molecule has 5 aromatic rings. The lowest BCUT2D eigenvalue weighted by Crippen LogP contribution is -2.34. The summed E-state index contributed by atoms with van der Waals surface area (Å²) < 4.78 is 14.5. The minimum absolute atomic E-state index is 0.391. The lowest BCUT2D eigenvalue weighted by Gasteiger charge is -2.19. The zero-order valence-corrected chi connectivity index (χ0v) is 22.2. The van der Waals surface area contributed by atoms with Crippen molar-refractivity contribution in [2.75, 3.05) is 11.9 Å². The molecule has 0 aliphatic carbocycles.